The van der Waals surface area contributed by atoms with Crippen molar-refractivity contribution in [1.29, 1.82) is 0 Å². The van der Waals surface area contributed by atoms with Crippen molar-refractivity contribution in [2.45, 2.75) is 13.0 Å². The van der Waals surface area contributed by atoms with Crippen LogP contribution in [0.2, 0.25) is 0 Å². The van der Waals surface area contributed by atoms with Gasteiger partial charge in [0, 0.05) is 17.3 Å². The van der Waals surface area contributed by atoms with Gasteiger partial charge in [-0.2, -0.15) is 0 Å². The molecule has 0 saturated carbocycles. The Balaban J connectivity index is 1.98. The molecule has 0 saturated heterocycles. The van der Waals surface area contributed by atoms with Crippen LogP contribution in [0.25, 0.3) is 11.1 Å². The minimum atomic E-state index is -0.923. The molecular formula is C15H18BN3O3. The van der Waals surface area contributed by atoms with Crippen LogP contribution >= 0.6 is 0 Å². The molecule has 3 rings (SSSR count). The zero-order valence-electron chi connectivity index (χ0n) is 12.2. The van der Waals surface area contributed by atoms with Crippen LogP contribution < -0.4 is 21.7 Å². The van der Waals surface area contributed by atoms with E-state index in [1.54, 1.807) is 12.3 Å². The molecule has 0 unspecified atom stereocenters. The predicted octanol–water partition coefficient (Wildman–Crippen LogP) is 0.276. The Hall–Kier alpha value is -2.09. The molecule has 7 heteroatoms. The zero-order valence-corrected chi connectivity index (χ0v) is 12.2. The molecular weight excluding hydrogens is 281 g/mol. The Labute approximate surface area is 129 Å². The Morgan fingerprint density at radius 2 is 2.18 bits per heavy atom. The maximum atomic E-state index is 9.96. The molecule has 6 nitrogen and oxygen atoms in total. The number of ether oxygens (including phenoxy) is 1. The Morgan fingerprint density at radius 1 is 1.32 bits per heavy atom. The average Bonchev–Trinajstić information content (AvgIpc) is 2.90. The van der Waals surface area contributed by atoms with Crippen molar-refractivity contribution in [1.82, 2.24) is 4.98 Å². The second kappa shape index (κ2) is 6.35. The first kappa shape index (κ1) is 14.8. The van der Waals surface area contributed by atoms with Crippen molar-refractivity contribution in [3.05, 3.63) is 36.0 Å². The lowest BCUT2D eigenvalue weighted by atomic mass is 9.78. The number of anilines is 1. The third-order valence-electron chi connectivity index (χ3n) is 3.62. The summed E-state index contributed by atoms with van der Waals surface area (Å²) in [5, 5.41) is 9.96. The molecule has 0 bridgehead atoms. The van der Waals surface area contributed by atoms with Gasteiger partial charge in [0.25, 0.3) is 0 Å². The molecule has 0 fully saturated rings. The van der Waals surface area contributed by atoms with Gasteiger partial charge >= 0.3 is 7.12 Å². The quantitative estimate of drug-likeness (QED) is 0.541. The molecule has 1 aliphatic heterocycles. The number of nitrogens with two attached hydrogens (primary N) is 2. The summed E-state index contributed by atoms with van der Waals surface area (Å²) in [6, 6.07) is 7.46. The molecule has 2 aromatic rings. The van der Waals surface area contributed by atoms with Crippen LogP contribution in [0.3, 0.4) is 0 Å². The van der Waals surface area contributed by atoms with Crippen molar-refractivity contribution in [2.24, 2.45) is 5.73 Å². The first-order chi connectivity index (χ1) is 10.7. The minimum absolute atomic E-state index is 0.342. The summed E-state index contributed by atoms with van der Waals surface area (Å²) in [6.07, 6.45) is 2.47. The molecule has 0 spiro atoms. The number of pyridine rings is 1. The summed E-state index contributed by atoms with van der Waals surface area (Å²) >= 11 is 0. The lowest BCUT2D eigenvalue weighted by Gasteiger charge is -2.13. The molecule has 0 atom stereocenters. The number of benzene rings is 1. The number of fused-ring (bicyclic) bond motifs is 1. The average molecular weight is 299 g/mol. The SMILES string of the molecule is NCCCOc1cc(-c2ccc(N)nc2)cc2c1COB2O. The molecule has 22 heavy (non-hydrogen) atoms. The van der Waals surface area contributed by atoms with Crippen molar-refractivity contribution in [3.63, 3.8) is 0 Å². The molecule has 1 aliphatic rings. The van der Waals surface area contributed by atoms with Gasteiger partial charge in [0.1, 0.15) is 11.6 Å². The van der Waals surface area contributed by atoms with Crippen LogP contribution in [-0.4, -0.2) is 30.3 Å². The highest BCUT2D eigenvalue weighted by atomic mass is 16.5. The number of hydrogen-bond acceptors (Lipinski definition) is 6. The van der Waals surface area contributed by atoms with E-state index < -0.39 is 7.12 Å². The van der Waals surface area contributed by atoms with Crippen LogP contribution in [0.15, 0.2) is 30.5 Å². The second-order valence-corrected chi connectivity index (χ2v) is 5.17. The molecule has 5 N–H and O–H groups in total. The van der Waals surface area contributed by atoms with E-state index in [4.69, 9.17) is 20.9 Å². The van der Waals surface area contributed by atoms with E-state index in [1.807, 2.05) is 18.2 Å². The Morgan fingerprint density at radius 3 is 2.91 bits per heavy atom. The van der Waals surface area contributed by atoms with Crippen molar-refractivity contribution >= 4 is 18.4 Å². The molecule has 0 aliphatic carbocycles. The largest absolute Gasteiger partial charge is 0.493 e. The normalized spacial score (nSPS) is 13.3. The van der Waals surface area contributed by atoms with Gasteiger partial charge in [0.2, 0.25) is 0 Å². The van der Waals surface area contributed by atoms with E-state index in [9.17, 15) is 5.02 Å². The van der Waals surface area contributed by atoms with Gasteiger partial charge in [-0.25, -0.2) is 4.98 Å². The van der Waals surface area contributed by atoms with Crippen LogP contribution in [0, 0.1) is 0 Å². The summed E-state index contributed by atoms with van der Waals surface area (Å²) in [6.45, 7) is 1.44. The maximum Gasteiger partial charge on any atom is 0.491 e. The highest BCUT2D eigenvalue weighted by Gasteiger charge is 2.30. The number of rotatable bonds is 5. The minimum Gasteiger partial charge on any atom is -0.493 e. The number of nitrogens with zero attached hydrogens (tertiary/aromatic N) is 1. The third kappa shape index (κ3) is 2.92. The van der Waals surface area contributed by atoms with Crippen molar-refractivity contribution in [3.8, 4) is 16.9 Å². The molecule has 1 aromatic heterocycles. The van der Waals surface area contributed by atoms with Crippen LogP contribution in [0.1, 0.15) is 12.0 Å². The zero-order chi connectivity index (χ0) is 15.5. The van der Waals surface area contributed by atoms with Gasteiger partial charge < -0.3 is 25.9 Å². The van der Waals surface area contributed by atoms with E-state index >= 15 is 0 Å². The highest BCUT2D eigenvalue weighted by Crippen LogP contribution is 2.29. The van der Waals surface area contributed by atoms with Crippen LogP contribution in [0.4, 0.5) is 5.82 Å². The Kier molecular flexibility index (Phi) is 4.28. The summed E-state index contributed by atoms with van der Waals surface area (Å²) in [5.41, 5.74) is 14.5. The third-order valence-corrected chi connectivity index (χ3v) is 3.62. The predicted molar refractivity (Wildman–Crippen MR) is 85.6 cm³/mol. The van der Waals surface area contributed by atoms with Gasteiger partial charge in [-0.15, -0.1) is 0 Å². The van der Waals surface area contributed by atoms with E-state index in [2.05, 4.69) is 4.98 Å². The standard InChI is InChI=1S/C15H18BN3O3/c17-4-1-5-21-14-7-11(10-2-3-15(18)19-8-10)6-13-12(14)9-22-16(13)20/h2-3,6-8,20H,1,4-5,9,17H2,(H2,18,19). The van der Waals surface area contributed by atoms with Crippen molar-refractivity contribution in [2.75, 3.05) is 18.9 Å². The van der Waals surface area contributed by atoms with E-state index in [0.29, 0.717) is 31.3 Å². The lowest BCUT2D eigenvalue weighted by Crippen LogP contribution is -2.28. The van der Waals surface area contributed by atoms with E-state index in [-0.39, 0.29) is 0 Å². The van der Waals surface area contributed by atoms with Gasteiger partial charge in [-0.3, -0.25) is 0 Å². The first-order valence-corrected chi connectivity index (χ1v) is 7.20. The fraction of sp³-hybridized carbons (Fsp3) is 0.267. The molecule has 1 aromatic carbocycles. The Bertz CT molecular complexity index is 664. The van der Waals surface area contributed by atoms with Gasteiger partial charge in [0.15, 0.2) is 0 Å². The number of aromatic nitrogens is 1. The maximum absolute atomic E-state index is 9.96. The number of hydrogen-bond donors (Lipinski definition) is 3. The van der Waals surface area contributed by atoms with Crippen LogP contribution in [0.5, 0.6) is 5.75 Å². The van der Waals surface area contributed by atoms with E-state index in [0.717, 1.165) is 28.6 Å². The summed E-state index contributed by atoms with van der Waals surface area (Å²) in [7, 11) is -0.923. The summed E-state index contributed by atoms with van der Waals surface area (Å²) < 4.78 is 11.1. The first-order valence-electron chi connectivity index (χ1n) is 7.20. The fourth-order valence-electron chi connectivity index (χ4n) is 2.43. The smallest absolute Gasteiger partial charge is 0.491 e. The fourth-order valence-corrected chi connectivity index (χ4v) is 2.43. The lowest BCUT2D eigenvalue weighted by molar-refractivity contribution is 0.264. The summed E-state index contributed by atoms with van der Waals surface area (Å²) in [5.74, 6) is 1.18. The molecule has 0 amide bonds. The molecule has 0 radical (unpaired) electrons. The summed E-state index contributed by atoms with van der Waals surface area (Å²) in [4.78, 5) is 4.10. The van der Waals surface area contributed by atoms with Gasteiger partial charge in [-0.1, -0.05) is 6.07 Å². The second-order valence-electron chi connectivity index (χ2n) is 5.17. The van der Waals surface area contributed by atoms with Crippen LogP contribution in [-0.2, 0) is 11.3 Å². The molecule has 114 valence electrons. The highest BCUT2D eigenvalue weighted by molar-refractivity contribution is 6.61. The molecule has 2 heterocycles. The van der Waals surface area contributed by atoms with Gasteiger partial charge in [0.05, 0.1) is 13.2 Å². The number of nitrogen functional groups attached to an aromatic ring is 1. The monoisotopic (exact) mass is 299 g/mol. The van der Waals surface area contributed by atoms with E-state index in [1.165, 1.54) is 0 Å². The van der Waals surface area contributed by atoms with Crippen molar-refractivity contribution < 1.29 is 14.4 Å². The topological polar surface area (TPSA) is 104 Å². The van der Waals surface area contributed by atoms with Gasteiger partial charge in [-0.05, 0) is 42.2 Å².